The maximum atomic E-state index is 10.2. The van der Waals surface area contributed by atoms with Crippen LogP contribution in [-0.4, -0.2) is 49.3 Å². The molecule has 0 spiro atoms. The zero-order valence-electron chi connectivity index (χ0n) is 6.87. The Morgan fingerprint density at radius 3 is 2.64 bits per heavy atom. The van der Waals surface area contributed by atoms with E-state index >= 15 is 0 Å². The van der Waals surface area contributed by atoms with Gasteiger partial charge in [-0.2, -0.15) is 0 Å². The molecule has 0 radical (unpaired) electrons. The number of urea groups is 1. The van der Waals surface area contributed by atoms with Crippen LogP contribution < -0.4 is 11.1 Å². The number of hydrogen-bond donors (Lipinski definition) is 3. The molecule has 4 N–H and O–H groups in total. The van der Waals surface area contributed by atoms with Crippen molar-refractivity contribution in [2.45, 2.75) is 6.10 Å². The fourth-order valence-corrected chi connectivity index (χ4v) is 0.704. The van der Waals surface area contributed by atoms with E-state index in [4.69, 9.17) is 10.8 Å². The van der Waals surface area contributed by atoms with Gasteiger partial charge in [0.1, 0.15) is 0 Å². The molecule has 66 valence electrons. The summed E-state index contributed by atoms with van der Waals surface area (Å²) in [6.45, 7) is 0.716. The molecule has 5 nitrogen and oxygen atoms in total. The maximum absolute atomic E-state index is 10.2. The van der Waals surface area contributed by atoms with Crippen LogP contribution in [0.25, 0.3) is 0 Å². The SMILES string of the molecule is CN(C)CC(O)CNC(N)=O. The number of carbonyl (C=O) groups is 1. The molecule has 0 heterocycles. The Kier molecular flexibility index (Phi) is 4.56. The monoisotopic (exact) mass is 161 g/mol. The number of amides is 2. The standard InChI is InChI=1S/C6H15N3O2/c1-9(2)4-5(10)3-8-6(7)11/h5,10H,3-4H2,1-2H3,(H3,7,8,11). The predicted molar refractivity (Wildman–Crippen MR) is 42.1 cm³/mol. The van der Waals surface area contributed by atoms with Crippen molar-refractivity contribution < 1.29 is 9.90 Å². The Bertz CT molecular complexity index is 127. The highest BCUT2D eigenvalue weighted by Crippen LogP contribution is 1.82. The molecule has 0 aromatic carbocycles. The summed E-state index contributed by atoms with van der Waals surface area (Å²) in [5, 5.41) is 11.5. The molecule has 0 fully saturated rings. The summed E-state index contributed by atoms with van der Waals surface area (Å²) >= 11 is 0. The molecule has 1 atom stereocenters. The summed E-state index contributed by atoms with van der Waals surface area (Å²) < 4.78 is 0. The first-order valence-corrected chi connectivity index (χ1v) is 3.38. The molecule has 0 rings (SSSR count). The van der Waals surface area contributed by atoms with E-state index in [2.05, 4.69) is 5.32 Å². The van der Waals surface area contributed by atoms with E-state index in [1.165, 1.54) is 0 Å². The maximum Gasteiger partial charge on any atom is 0.312 e. The lowest BCUT2D eigenvalue weighted by molar-refractivity contribution is 0.136. The zero-order valence-corrected chi connectivity index (χ0v) is 6.87. The fourth-order valence-electron chi connectivity index (χ4n) is 0.704. The van der Waals surface area contributed by atoms with Gasteiger partial charge in [-0.05, 0) is 14.1 Å². The topological polar surface area (TPSA) is 78.6 Å². The third kappa shape index (κ3) is 7.08. The van der Waals surface area contributed by atoms with Gasteiger partial charge in [0, 0.05) is 13.1 Å². The van der Waals surface area contributed by atoms with E-state index < -0.39 is 12.1 Å². The molecule has 0 aromatic heterocycles. The molecule has 0 aromatic rings. The molecule has 0 saturated carbocycles. The summed E-state index contributed by atoms with van der Waals surface area (Å²) in [5.41, 5.74) is 4.80. The third-order valence-electron chi connectivity index (χ3n) is 1.09. The Hall–Kier alpha value is -0.810. The number of rotatable bonds is 4. The van der Waals surface area contributed by atoms with Crippen molar-refractivity contribution >= 4 is 6.03 Å². The summed E-state index contributed by atoms with van der Waals surface area (Å²) in [5.74, 6) is 0. The van der Waals surface area contributed by atoms with Gasteiger partial charge in [-0.3, -0.25) is 0 Å². The molecule has 0 saturated heterocycles. The second kappa shape index (κ2) is 4.92. The number of nitrogens with zero attached hydrogens (tertiary/aromatic N) is 1. The van der Waals surface area contributed by atoms with E-state index in [1.54, 1.807) is 0 Å². The lowest BCUT2D eigenvalue weighted by Gasteiger charge is -2.15. The highest BCUT2D eigenvalue weighted by atomic mass is 16.3. The van der Waals surface area contributed by atoms with Crippen LogP contribution in [0.1, 0.15) is 0 Å². The summed E-state index contributed by atoms with van der Waals surface area (Å²) in [7, 11) is 3.68. The van der Waals surface area contributed by atoms with Crippen LogP contribution in [0, 0.1) is 0 Å². The average Bonchev–Trinajstić information content (AvgIpc) is 1.82. The van der Waals surface area contributed by atoms with Crippen LogP contribution in [0.5, 0.6) is 0 Å². The lowest BCUT2D eigenvalue weighted by atomic mass is 10.3. The van der Waals surface area contributed by atoms with Crippen LogP contribution >= 0.6 is 0 Å². The minimum absolute atomic E-state index is 0.202. The number of hydrogen-bond acceptors (Lipinski definition) is 3. The zero-order chi connectivity index (χ0) is 8.85. The average molecular weight is 161 g/mol. The van der Waals surface area contributed by atoms with Crippen LogP contribution in [0.3, 0.4) is 0 Å². The van der Waals surface area contributed by atoms with Crippen molar-refractivity contribution in [2.24, 2.45) is 5.73 Å². The highest BCUT2D eigenvalue weighted by molar-refractivity contribution is 5.71. The molecule has 2 amide bonds. The van der Waals surface area contributed by atoms with Crippen LogP contribution in [0.2, 0.25) is 0 Å². The minimum atomic E-state index is -0.609. The Morgan fingerprint density at radius 2 is 2.27 bits per heavy atom. The molecule has 5 heteroatoms. The largest absolute Gasteiger partial charge is 0.390 e. The Balaban J connectivity index is 3.37. The quantitative estimate of drug-likeness (QED) is 0.473. The first-order valence-electron chi connectivity index (χ1n) is 3.38. The first kappa shape index (κ1) is 10.2. The summed E-state index contributed by atoms with van der Waals surface area (Å²) in [6, 6.07) is -0.609. The minimum Gasteiger partial charge on any atom is -0.390 e. The molecule has 0 bridgehead atoms. The molecule has 0 aliphatic carbocycles. The highest BCUT2D eigenvalue weighted by Gasteiger charge is 2.04. The normalized spacial score (nSPS) is 13.1. The lowest BCUT2D eigenvalue weighted by Crippen LogP contribution is -2.39. The van der Waals surface area contributed by atoms with E-state index in [9.17, 15) is 4.79 Å². The van der Waals surface area contributed by atoms with Gasteiger partial charge in [0.15, 0.2) is 0 Å². The molecular formula is C6H15N3O2. The van der Waals surface area contributed by atoms with Gasteiger partial charge in [-0.25, -0.2) is 4.79 Å². The van der Waals surface area contributed by atoms with Crippen molar-refractivity contribution in [3.63, 3.8) is 0 Å². The second-order valence-electron chi connectivity index (χ2n) is 2.66. The van der Waals surface area contributed by atoms with Gasteiger partial charge in [0.2, 0.25) is 0 Å². The number of primary amides is 1. The van der Waals surface area contributed by atoms with E-state index in [-0.39, 0.29) is 6.54 Å². The fraction of sp³-hybridized carbons (Fsp3) is 0.833. The molecule has 1 unspecified atom stereocenters. The van der Waals surface area contributed by atoms with Crippen molar-refractivity contribution in [1.82, 2.24) is 10.2 Å². The number of nitrogens with two attached hydrogens (primary N) is 1. The van der Waals surface area contributed by atoms with Crippen LogP contribution in [0.15, 0.2) is 0 Å². The Labute approximate surface area is 66.2 Å². The third-order valence-corrected chi connectivity index (χ3v) is 1.09. The van der Waals surface area contributed by atoms with Gasteiger partial charge < -0.3 is 21.1 Å². The summed E-state index contributed by atoms with van der Waals surface area (Å²) in [4.78, 5) is 12.0. The van der Waals surface area contributed by atoms with E-state index in [0.717, 1.165) is 0 Å². The van der Waals surface area contributed by atoms with Crippen molar-refractivity contribution in [3.05, 3.63) is 0 Å². The number of aliphatic hydroxyl groups excluding tert-OH is 1. The van der Waals surface area contributed by atoms with Crippen LogP contribution in [0.4, 0.5) is 4.79 Å². The molecule has 0 aliphatic rings. The van der Waals surface area contributed by atoms with Crippen molar-refractivity contribution in [3.8, 4) is 0 Å². The van der Waals surface area contributed by atoms with Gasteiger partial charge in [0.25, 0.3) is 0 Å². The second-order valence-corrected chi connectivity index (χ2v) is 2.66. The predicted octanol–water partition coefficient (Wildman–Crippen LogP) is -1.42. The molecule has 0 aliphatic heterocycles. The number of aliphatic hydroxyl groups is 1. The molecule has 11 heavy (non-hydrogen) atoms. The smallest absolute Gasteiger partial charge is 0.312 e. The van der Waals surface area contributed by atoms with Crippen LogP contribution in [-0.2, 0) is 0 Å². The molecular weight excluding hydrogens is 146 g/mol. The van der Waals surface area contributed by atoms with Gasteiger partial charge >= 0.3 is 6.03 Å². The van der Waals surface area contributed by atoms with Gasteiger partial charge in [-0.1, -0.05) is 0 Å². The first-order chi connectivity index (χ1) is 5.02. The summed E-state index contributed by atoms with van der Waals surface area (Å²) in [6.07, 6.45) is -0.558. The Morgan fingerprint density at radius 1 is 1.73 bits per heavy atom. The van der Waals surface area contributed by atoms with Gasteiger partial charge in [0.05, 0.1) is 6.10 Å². The number of carbonyl (C=O) groups excluding carboxylic acids is 1. The number of nitrogens with one attached hydrogen (secondary N) is 1. The van der Waals surface area contributed by atoms with E-state index in [0.29, 0.717) is 6.54 Å². The van der Waals surface area contributed by atoms with E-state index in [1.807, 2.05) is 19.0 Å². The van der Waals surface area contributed by atoms with Gasteiger partial charge in [-0.15, -0.1) is 0 Å². The number of likely N-dealkylation sites (N-methyl/N-ethyl adjacent to an activating group) is 1. The van der Waals surface area contributed by atoms with Crippen molar-refractivity contribution in [1.29, 1.82) is 0 Å². The van der Waals surface area contributed by atoms with Crippen molar-refractivity contribution in [2.75, 3.05) is 27.2 Å².